The van der Waals surface area contributed by atoms with Crippen LogP contribution in [0.25, 0.3) is 0 Å². The van der Waals surface area contributed by atoms with E-state index in [1.807, 2.05) is 68.1 Å². The Morgan fingerprint density at radius 2 is 1.68 bits per heavy atom. The van der Waals surface area contributed by atoms with E-state index in [1.165, 1.54) is 0 Å². The lowest BCUT2D eigenvalue weighted by atomic mass is 9.62. The van der Waals surface area contributed by atoms with E-state index in [-0.39, 0.29) is 18.0 Å². The van der Waals surface area contributed by atoms with Crippen LogP contribution in [0.4, 0.5) is 4.79 Å². The predicted molar refractivity (Wildman–Crippen MR) is 121 cm³/mol. The number of benzene rings is 2. The highest BCUT2D eigenvalue weighted by Crippen LogP contribution is 2.56. The Kier molecular flexibility index (Phi) is 5.73. The highest BCUT2D eigenvalue weighted by Gasteiger charge is 2.61. The Hall–Kier alpha value is -2.53. The third kappa shape index (κ3) is 4.16. The summed E-state index contributed by atoms with van der Waals surface area (Å²) in [5, 5.41) is 0.669. The standard InChI is InChI=1S/C25H29ClN2O3/c1-24(2,3)31-23(30)27-15-13-25(14-16-27)21(18-9-5-4-6-10-18)28(22(25)29)17-19-11-7-8-12-20(19)26/h4-12,21H,13-17H2,1-3H3. The van der Waals surface area contributed by atoms with Crippen molar-refractivity contribution < 1.29 is 14.3 Å². The van der Waals surface area contributed by atoms with Crippen LogP contribution in [0, 0.1) is 5.41 Å². The van der Waals surface area contributed by atoms with Gasteiger partial charge in [0.15, 0.2) is 0 Å². The summed E-state index contributed by atoms with van der Waals surface area (Å²) in [5.74, 6) is 0.144. The molecule has 0 bridgehead atoms. The smallest absolute Gasteiger partial charge is 0.410 e. The summed E-state index contributed by atoms with van der Waals surface area (Å²) < 4.78 is 5.53. The first-order chi connectivity index (χ1) is 14.7. The molecular formula is C25H29ClN2O3. The maximum Gasteiger partial charge on any atom is 0.410 e. The Balaban J connectivity index is 1.56. The fourth-order valence-corrected chi connectivity index (χ4v) is 4.96. The van der Waals surface area contributed by atoms with E-state index >= 15 is 0 Å². The maximum atomic E-state index is 13.5. The monoisotopic (exact) mass is 440 g/mol. The van der Waals surface area contributed by atoms with E-state index in [4.69, 9.17) is 16.3 Å². The van der Waals surface area contributed by atoms with Gasteiger partial charge in [0.05, 0.1) is 11.5 Å². The number of carbonyl (C=O) groups is 2. The summed E-state index contributed by atoms with van der Waals surface area (Å²) in [6, 6.07) is 17.8. The molecule has 0 radical (unpaired) electrons. The highest BCUT2D eigenvalue weighted by atomic mass is 35.5. The van der Waals surface area contributed by atoms with Gasteiger partial charge in [-0.2, -0.15) is 0 Å². The first kappa shape index (κ1) is 21.7. The molecule has 0 N–H and O–H groups in total. The Labute approximate surface area is 188 Å². The zero-order valence-electron chi connectivity index (χ0n) is 18.3. The van der Waals surface area contributed by atoms with Gasteiger partial charge in [0, 0.05) is 24.7 Å². The van der Waals surface area contributed by atoms with Crippen molar-refractivity contribution in [3.8, 4) is 0 Å². The number of halogens is 1. The van der Waals surface area contributed by atoms with Crippen LogP contribution in [0.15, 0.2) is 54.6 Å². The maximum absolute atomic E-state index is 13.5. The minimum atomic E-state index is -0.531. The quantitative estimate of drug-likeness (QED) is 0.597. The van der Waals surface area contributed by atoms with Crippen LogP contribution in [0.5, 0.6) is 0 Å². The molecule has 1 spiro atoms. The van der Waals surface area contributed by atoms with Crippen molar-refractivity contribution in [1.29, 1.82) is 0 Å². The number of nitrogens with zero attached hydrogens (tertiary/aromatic N) is 2. The molecule has 5 nitrogen and oxygen atoms in total. The second kappa shape index (κ2) is 8.19. The molecular weight excluding hydrogens is 412 g/mol. The van der Waals surface area contributed by atoms with E-state index in [0.29, 0.717) is 37.5 Å². The number of rotatable bonds is 3. The molecule has 2 aliphatic heterocycles. The number of likely N-dealkylation sites (tertiary alicyclic amines) is 2. The molecule has 0 aliphatic carbocycles. The van der Waals surface area contributed by atoms with Gasteiger partial charge in [-0.15, -0.1) is 0 Å². The molecule has 2 aromatic carbocycles. The van der Waals surface area contributed by atoms with E-state index in [2.05, 4.69) is 12.1 Å². The fourth-order valence-electron chi connectivity index (χ4n) is 4.76. The summed E-state index contributed by atoms with van der Waals surface area (Å²) in [7, 11) is 0. The number of β-lactam (4-membered cyclic amide) rings is 1. The third-order valence-electron chi connectivity index (χ3n) is 6.24. The SMILES string of the molecule is CC(C)(C)OC(=O)N1CCC2(CC1)C(=O)N(Cc1ccccc1Cl)C2c1ccccc1. The molecule has 4 rings (SSSR count). The molecule has 0 saturated carbocycles. The summed E-state index contributed by atoms with van der Waals surface area (Å²) in [4.78, 5) is 29.6. The topological polar surface area (TPSA) is 49.9 Å². The molecule has 1 unspecified atom stereocenters. The van der Waals surface area contributed by atoms with Crippen LogP contribution >= 0.6 is 11.6 Å². The first-order valence-electron chi connectivity index (χ1n) is 10.8. The van der Waals surface area contributed by atoms with Crippen LogP contribution < -0.4 is 0 Å². The lowest BCUT2D eigenvalue weighted by molar-refractivity contribution is -0.181. The fraction of sp³-hybridized carbons (Fsp3) is 0.440. The summed E-state index contributed by atoms with van der Waals surface area (Å²) in [6.07, 6.45) is 0.950. The molecule has 2 fully saturated rings. The molecule has 2 aliphatic rings. The molecule has 31 heavy (non-hydrogen) atoms. The van der Waals surface area contributed by atoms with Crippen LogP contribution in [0.1, 0.15) is 50.8 Å². The van der Waals surface area contributed by atoms with E-state index in [0.717, 1.165) is 11.1 Å². The Morgan fingerprint density at radius 3 is 2.29 bits per heavy atom. The van der Waals surface area contributed by atoms with Crippen molar-refractivity contribution in [2.75, 3.05) is 13.1 Å². The summed E-state index contributed by atoms with van der Waals surface area (Å²) in [6.45, 7) is 7.11. The van der Waals surface area contributed by atoms with E-state index in [9.17, 15) is 9.59 Å². The highest BCUT2D eigenvalue weighted by molar-refractivity contribution is 6.31. The van der Waals surface area contributed by atoms with Gasteiger partial charge in [-0.3, -0.25) is 4.79 Å². The number of hydrogen-bond acceptors (Lipinski definition) is 3. The van der Waals surface area contributed by atoms with Gasteiger partial charge in [0.1, 0.15) is 5.60 Å². The van der Waals surface area contributed by atoms with E-state index < -0.39 is 11.0 Å². The summed E-state index contributed by atoms with van der Waals surface area (Å²) >= 11 is 6.38. The second-order valence-electron chi connectivity index (χ2n) is 9.46. The van der Waals surface area contributed by atoms with Crippen molar-refractivity contribution in [3.05, 3.63) is 70.7 Å². The van der Waals surface area contributed by atoms with Crippen LogP contribution in [-0.2, 0) is 16.1 Å². The Morgan fingerprint density at radius 1 is 1.06 bits per heavy atom. The van der Waals surface area contributed by atoms with Crippen molar-refractivity contribution in [2.24, 2.45) is 5.41 Å². The zero-order valence-corrected chi connectivity index (χ0v) is 19.1. The zero-order chi connectivity index (χ0) is 22.2. The molecule has 0 aromatic heterocycles. The Bertz CT molecular complexity index is 962. The third-order valence-corrected chi connectivity index (χ3v) is 6.61. The number of hydrogen-bond donors (Lipinski definition) is 0. The molecule has 2 heterocycles. The van der Waals surface area contributed by atoms with Gasteiger partial charge in [-0.1, -0.05) is 60.1 Å². The van der Waals surface area contributed by atoms with Gasteiger partial charge in [0.25, 0.3) is 0 Å². The van der Waals surface area contributed by atoms with Gasteiger partial charge in [0.2, 0.25) is 5.91 Å². The predicted octanol–water partition coefficient (Wildman–Crippen LogP) is 5.44. The molecule has 2 saturated heterocycles. The normalized spacial score (nSPS) is 20.5. The number of amides is 2. The molecule has 2 amide bonds. The van der Waals surface area contributed by atoms with Gasteiger partial charge < -0.3 is 14.5 Å². The average Bonchev–Trinajstić information content (AvgIpc) is 2.74. The van der Waals surface area contributed by atoms with Crippen molar-refractivity contribution in [2.45, 2.75) is 51.8 Å². The van der Waals surface area contributed by atoms with Crippen molar-refractivity contribution >= 4 is 23.6 Å². The van der Waals surface area contributed by atoms with Crippen LogP contribution in [0.2, 0.25) is 5.02 Å². The number of piperidine rings is 1. The lowest BCUT2D eigenvalue weighted by Crippen LogP contribution is -2.66. The first-order valence-corrected chi connectivity index (χ1v) is 11.2. The molecule has 2 aromatic rings. The van der Waals surface area contributed by atoms with Crippen LogP contribution in [-0.4, -0.2) is 40.5 Å². The van der Waals surface area contributed by atoms with Crippen molar-refractivity contribution in [1.82, 2.24) is 9.80 Å². The molecule has 164 valence electrons. The molecule has 6 heteroatoms. The average molecular weight is 441 g/mol. The van der Waals surface area contributed by atoms with Gasteiger partial charge >= 0.3 is 6.09 Å². The minimum Gasteiger partial charge on any atom is -0.444 e. The van der Waals surface area contributed by atoms with Crippen molar-refractivity contribution in [3.63, 3.8) is 0 Å². The second-order valence-corrected chi connectivity index (χ2v) is 9.87. The number of carbonyl (C=O) groups excluding carboxylic acids is 2. The summed E-state index contributed by atoms with van der Waals surface area (Å²) in [5.41, 5.74) is 1.05. The molecule has 1 atom stereocenters. The number of ether oxygens (including phenoxy) is 1. The van der Waals surface area contributed by atoms with E-state index in [1.54, 1.807) is 4.90 Å². The van der Waals surface area contributed by atoms with Gasteiger partial charge in [-0.05, 0) is 50.8 Å². The minimum absolute atomic E-state index is 0.0294. The lowest BCUT2D eigenvalue weighted by Gasteiger charge is -2.59. The largest absolute Gasteiger partial charge is 0.444 e. The van der Waals surface area contributed by atoms with Crippen LogP contribution in [0.3, 0.4) is 0 Å². The van der Waals surface area contributed by atoms with Gasteiger partial charge in [-0.25, -0.2) is 4.79 Å².